The lowest BCUT2D eigenvalue weighted by Gasteiger charge is -2.31. The highest BCUT2D eigenvalue weighted by atomic mass is 19.2. The van der Waals surface area contributed by atoms with Gasteiger partial charge in [0.1, 0.15) is 0 Å². The Morgan fingerprint density at radius 2 is 2.11 bits per heavy atom. The van der Waals surface area contributed by atoms with Crippen molar-refractivity contribution < 1.29 is 13.6 Å². The van der Waals surface area contributed by atoms with Crippen molar-refractivity contribution in [3.63, 3.8) is 0 Å². The van der Waals surface area contributed by atoms with Crippen molar-refractivity contribution in [2.24, 2.45) is 5.92 Å². The van der Waals surface area contributed by atoms with Gasteiger partial charge in [0.2, 0.25) is 0 Å². The van der Waals surface area contributed by atoms with Gasteiger partial charge < -0.3 is 0 Å². The zero-order valence-electron chi connectivity index (χ0n) is 10.9. The van der Waals surface area contributed by atoms with Crippen LogP contribution in [0.4, 0.5) is 8.78 Å². The standard InChI is InChI=1S/C15H17F2NO/c1-9(18-8-10-2-4-12(18)6-10)15(19)11-3-5-13(16)14(17)7-11/h3,5,7,9-10,12H,2,4,6,8H2,1H3. The van der Waals surface area contributed by atoms with Gasteiger partial charge in [-0.25, -0.2) is 8.78 Å². The van der Waals surface area contributed by atoms with Crippen LogP contribution >= 0.6 is 0 Å². The summed E-state index contributed by atoms with van der Waals surface area (Å²) in [7, 11) is 0. The highest BCUT2D eigenvalue weighted by molar-refractivity contribution is 5.99. The van der Waals surface area contributed by atoms with E-state index in [2.05, 4.69) is 4.90 Å². The molecule has 1 heterocycles. The van der Waals surface area contributed by atoms with Crippen molar-refractivity contribution >= 4 is 5.78 Å². The Bertz CT molecular complexity index is 517. The molecule has 0 aromatic heterocycles. The Morgan fingerprint density at radius 3 is 2.68 bits per heavy atom. The van der Waals surface area contributed by atoms with Gasteiger partial charge in [-0.2, -0.15) is 0 Å². The molecule has 3 unspecified atom stereocenters. The Kier molecular flexibility index (Phi) is 3.13. The molecule has 0 amide bonds. The first-order chi connectivity index (χ1) is 9.06. The van der Waals surface area contributed by atoms with E-state index in [4.69, 9.17) is 0 Å². The minimum absolute atomic E-state index is 0.119. The van der Waals surface area contributed by atoms with E-state index in [1.165, 1.54) is 18.9 Å². The number of likely N-dealkylation sites (tertiary alicyclic amines) is 1. The molecule has 0 spiro atoms. The van der Waals surface area contributed by atoms with Gasteiger partial charge >= 0.3 is 0 Å². The number of nitrogens with zero attached hydrogens (tertiary/aromatic N) is 1. The van der Waals surface area contributed by atoms with E-state index in [0.29, 0.717) is 12.0 Å². The number of rotatable bonds is 3. The number of ketones is 1. The molecule has 1 aliphatic carbocycles. The summed E-state index contributed by atoms with van der Waals surface area (Å²) in [4.78, 5) is 14.6. The number of carbonyl (C=O) groups is 1. The average Bonchev–Trinajstić information content (AvgIpc) is 3.02. The lowest BCUT2D eigenvalue weighted by atomic mass is 10.0. The third-order valence-corrected chi connectivity index (χ3v) is 4.53. The van der Waals surface area contributed by atoms with E-state index in [1.54, 1.807) is 0 Å². The van der Waals surface area contributed by atoms with Crippen LogP contribution in [-0.2, 0) is 0 Å². The second kappa shape index (κ2) is 4.67. The molecular weight excluding hydrogens is 248 g/mol. The van der Waals surface area contributed by atoms with E-state index in [0.717, 1.165) is 25.1 Å². The molecule has 102 valence electrons. The third kappa shape index (κ3) is 2.18. The summed E-state index contributed by atoms with van der Waals surface area (Å²) in [5.41, 5.74) is 0.258. The van der Waals surface area contributed by atoms with Crippen LogP contribution in [0.25, 0.3) is 0 Å². The predicted molar refractivity (Wildman–Crippen MR) is 68.0 cm³/mol. The van der Waals surface area contributed by atoms with E-state index < -0.39 is 11.6 Å². The second-order valence-corrected chi connectivity index (χ2v) is 5.70. The van der Waals surface area contributed by atoms with Crippen molar-refractivity contribution in [1.82, 2.24) is 4.90 Å². The van der Waals surface area contributed by atoms with Gasteiger partial charge in [0.25, 0.3) is 0 Å². The average molecular weight is 265 g/mol. The van der Waals surface area contributed by atoms with Gasteiger partial charge in [-0.3, -0.25) is 9.69 Å². The van der Waals surface area contributed by atoms with Crippen LogP contribution < -0.4 is 0 Å². The molecule has 1 aromatic rings. The molecule has 2 fully saturated rings. The van der Waals surface area contributed by atoms with Crippen LogP contribution in [0.1, 0.15) is 36.5 Å². The van der Waals surface area contributed by atoms with Crippen LogP contribution in [0.3, 0.4) is 0 Å². The van der Waals surface area contributed by atoms with Crippen LogP contribution in [0.5, 0.6) is 0 Å². The molecule has 4 heteroatoms. The van der Waals surface area contributed by atoms with E-state index in [-0.39, 0.29) is 17.4 Å². The van der Waals surface area contributed by atoms with E-state index in [1.807, 2.05) is 6.92 Å². The van der Waals surface area contributed by atoms with Crippen LogP contribution in [0.2, 0.25) is 0 Å². The number of carbonyl (C=O) groups excluding carboxylic acids is 1. The third-order valence-electron chi connectivity index (χ3n) is 4.53. The van der Waals surface area contributed by atoms with E-state index >= 15 is 0 Å². The van der Waals surface area contributed by atoms with Crippen LogP contribution in [-0.4, -0.2) is 29.3 Å². The molecule has 3 atom stereocenters. The number of benzene rings is 1. The Hall–Kier alpha value is -1.29. The fourth-order valence-corrected chi connectivity index (χ4v) is 3.48. The number of piperidine rings is 1. The second-order valence-electron chi connectivity index (χ2n) is 5.70. The highest BCUT2D eigenvalue weighted by Crippen LogP contribution is 2.38. The Morgan fingerprint density at radius 1 is 1.32 bits per heavy atom. The maximum Gasteiger partial charge on any atom is 0.179 e. The van der Waals surface area contributed by atoms with Crippen molar-refractivity contribution in [2.75, 3.05) is 6.54 Å². The molecule has 1 saturated carbocycles. The molecule has 19 heavy (non-hydrogen) atoms. The molecule has 3 rings (SSSR count). The molecule has 1 saturated heterocycles. The van der Waals surface area contributed by atoms with E-state index in [9.17, 15) is 13.6 Å². The zero-order chi connectivity index (χ0) is 13.6. The first-order valence-electron chi connectivity index (χ1n) is 6.81. The SMILES string of the molecule is CC(C(=O)c1ccc(F)c(F)c1)N1CC2CCC1C2. The zero-order valence-corrected chi connectivity index (χ0v) is 10.9. The quantitative estimate of drug-likeness (QED) is 0.783. The molecule has 2 nitrogen and oxygen atoms in total. The number of halogens is 2. The van der Waals surface area contributed by atoms with Gasteiger partial charge in [0, 0.05) is 18.2 Å². The summed E-state index contributed by atoms with van der Waals surface area (Å²) in [5, 5.41) is 0. The topological polar surface area (TPSA) is 20.3 Å². The molecular formula is C15H17F2NO. The van der Waals surface area contributed by atoms with Gasteiger partial charge in [0.05, 0.1) is 6.04 Å². The van der Waals surface area contributed by atoms with Crippen LogP contribution in [0, 0.1) is 17.6 Å². The summed E-state index contributed by atoms with van der Waals surface area (Å²) in [6.45, 7) is 2.82. The molecule has 0 N–H and O–H groups in total. The van der Waals surface area contributed by atoms with Gasteiger partial charge in [0.15, 0.2) is 17.4 Å². The molecule has 0 radical (unpaired) electrons. The minimum Gasteiger partial charge on any atom is -0.292 e. The minimum atomic E-state index is -0.957. The number of fused-ring (bicyclic) bond motifs is 2. The van der Waals surface area contributed by atoms with Crippen molar-refractivity contribution in [3.05, 3.63) is 35.4 Å². The molecule has 1 aromatic carbocycles. The van der Waals surface area contributed by atoms with Crippen molar-refractivity contribution in [1.29, 1.82) is 0 Å². The molecule has 2 aliphatic rings. The maximum atomic E-state index is 13.2. The largest absolute Gasteiger partial charge is 0.292 e. The van der Waals surface area contributed by atoms with Gasteiger partial charge in [-0.1, -0.05) is 0 Å². The normalized spacial score (nSPS) is 27.7. The van der Waals surface area contributed by atoms with Gasteiger partial charge in [-0.05, 0) is 50.3 Å². The molecule has 1 aliphatic heterocycles. The maximum absolute atomic E-state index is 13.2. The summed E-state index contributed by atoms with van der Waals surface area (Å²) in [6.07, 6.45) is 3.59. The Labute approximate surface area is 111 Å². The van der Waals surface area contributed by atoms with Crippen molar-refractivity contribution in [2.45, 2.75) is 38.3 Å². The first kappa shape index (κ1) is 12.7. The summed E-state index contributed by atoms with van der Waals surface area (Å²) in [6, 6.07) is 3.63. The lowest BCUT2D eigenvalue weighted by molar-refractivity contribution is 0.0786. The Balaban J connectivity index is 1.77. The predicted octanol–water partition coefficient (Wildman–Crippen LogP) is 3.02. The lowest BCUT2D eigenvalue weighted by Crippen LogP contribution is -2.43. The number of hydrogen-bond donors (Lipinski definition) is 0. The highest BCUT2D eigenvalue weighted by Gasteiger charge is 2.41. The fourth-order valence-electron chi connectivity index (χ4n) is 3.48. The smallest absolute Gasteiger partial charge is 0.179 e. The number of hydrogen-bond acceptors (Lipinski definition) is 2. The summed E-state index contributed by atoms with van der Waals surface area (Å²) in [5.74, 6) is -1.28. The van der Waals surface area contributed by atoms with Gasteiger partial charge in [-0.15, -0.1) is 0 Å². The monoisotopic (exact) mass is 265 g/mol. The summed E-state index contributed by atoms with van der Waals surface area (Å²) >= 11 is 0. The molecule has 2 bridgehead atoms. The van der Waals surface area contributed by atoms with Crippen molar-refractivity contribution in [3.8, 4) is 0 Å². The fraction of sp³-hybridized carbons (Fsp3) is 0.533. The number of Topliss-reactive ketones (excluding diaryl/α,β-unsaturated/α-hetero) is 1. The summed E-state index contributed by atoms with van der Waals surface area (Å²) < 4.78 is 26.1. The van der Waals surface area contributed by atoms with Crippen LogP contribution in [0.15, 0.2) is 18.2 Å². The first-order valence-corrected chi connectivity index (χ1v) is 6.81.